The number of piperazine rings is 1. The molecule has 2 amide bonds. The van der Waals surface area contributed by atoms with Crippen molar-refractivity contribution in [2.45, 2.75) is 39.3 Å². The maximum Gasteiger partial charge on any atom is 0.241 e. The first-order valence-corrected chi connectivity index (χ1v) is 9.49. The zero-order valence-electron chi connectivity index (χ0n) is 16.4. The van der Waals surface area contributed by atoms with Gasteiger partial charge in [-0.25, -0.2) is 0 Å². The van der Waals surface area contributed by atoms with Crippen LogP contribution in [-0.4, -0.2) is 66.4 Å². The fourth-order valence-corrected chi connectivity index (χ4v) is 3.01. The van der Waals surface area contributed by atoms with Gasteiger partial charge in [0.1, 0.15) is 0 Å². The standard InChI is InChI=1S/C20H29N5O2/c1-4-15(2)22-19(26)14-24-8-10-25(11-9-24)16(3)20(27)23-18-7-5-6-17(12-18)13-21/h5-7,12,15-16H,4,8-11,14H2,1-3H3,(H,22,26)(H,23,27). The molecule has 1 saturated heterocycles. The summed E-state index contributed by atoms with van der Waals surface area (Å²) in [4.78, 5) is 28.8. The van der Waals surface area contributed by atoms with Crippen molar-refractivity contribution in [3.63, 3.8) is 0 Å². The monoisotopic (exact) mass is 371 g/mol. The van der Waals surface area contributed by atoms with E-state index in [0.29, 0.717) is 17.8 Å². The number of benzene rings is 1. The van der Waals surface area contributed by atoms with Crippen molar-refractivity contribution < 1.29 is 9.59 Å². The maximum atomic E-state index is 12.5. The molecule has 7 heteroatoms. The number of nitriles is 1. The topological polar surface area (TPSA) is 88.5 Å². The predicted octanol–water partition coefficient (Wildman–Crippen LogP) is 1.42. The Morgan fingerprint density at radius 1 is 1.22 bits per heavy atom. The lowest BCUT2D eigenvalue weighted by molar-refractivity contribution is -0.125. The Morgan fingerprint density at radius 2 is 1.93 bits per heavy atom. The highest BCUT2D eigenvalue weighted by molar-refractivity contribution is 5.94. The maximum absolute atomic E-state index is 12.5. The number of carbonyl (C=O) groups excluding carboxylic acids is 2. The SMILES string of the molecule is CCC(C)NC(=O)CN1CCN(C(C)C(=O)Nc2cccc(C#N)c2)CC1. The highest BCUT2D eigenvalue weighted by atomic mass is 16.2. The molecule has 2 N–H and O–H groups in total. The van der Waals surface area contributed by atoms with E-state index in [1.165, 1.54) is 0 Å². The molecular weight excluding hydrogens is 342 g/mol. The van der Waals surface area contributed by atoms with Gasteiger partial charge >= 0.3 is 0 Å². The highest BCUT2D eigenvalue weighted by Crippen LogP contribution is 2.12. The van der Waals surface area contributed by atoms with Crippen LogP contribution in [0.15, 0.2) is 24.3 Å². The number of rotatable bonds is 7. The minimum atomic E-state index is -0.271. The van der Waals surface area contributed by atoms with E-state index in [2.05, 4.69) is 26.5 Å². The molecule has 0 aromatic heterocycles. The van der Waals surface area contributed by atoms with Crippen molar-refractivity contribution in [2.75, 3.05) is 38.0 Å². The number of nitrogens with zero attached hydrogens (tertiary/aromatic N) is 3. The van der Waals surface area contributed by atoms with Gasteiger partial charge in [0.25, 0.3) is 0 Å². The lowest BCUT2D eigenvalue weighted by Gasteiger charge is -2.37. The molecule has 2 atom stereocenters. The smallest absolute Gasteiger partial charge is 0.241 e. The molecule has 2 unspecified atom stereocenters. The third kappa shape index (κ3) is 6.35. The van der Waals surface area contributed by atoms with E-state index in [1.807, 2.05) is 20.8 Å². The van der Waals surface area contributed by atoms with Crippen LogP contribution in [0.3, 0.4) is 0 Å². The van der Waals surface area contributed by atoms with Crippen molar-refractivity contribution in [1.29, 1.82) is 5.26 Å². The van der Waals surface area contributed by atoms with Crippen LogP contribution in [0.2, 0.25) is 0 Å². The number of carbonyl (C=O) groups is 2. The summed E-state index contributed by atoms with van der Waals surface area (Å²) in [5.41, 5.74) is 1.15. The summed E-state index contributed by atoms with van der Waals surface area (Å²) < 4.78 is 0. The molecule has 1 fully saturated rings. The van der Waals surface area contributed by atoms with E-state index in [4.69, 9.17) is 5.26 Å². The second kappa shape index (κ2) is 10.0. The van der Waals surface area contributed by atoms with Crippen LogP contribution < -0.4 is 10.6 Å². The molecule has 0 bridgehead atoms. The molecule has 0 aliphatic carbocycles. The van der Waals surface area contributed by atoms with E-state index < -0.39 is 0 Å². The molecule has 0 radical (unpaired) electrons. The Morgan fingerprint density at radius 3 is 2.56 bits per heavy atom. The minimum Gasteiger partial charge on any atom is -0.353 e. The van der Waals surface area contributed by atoms with Gasteiger partial charge in [-0.05, 0) is 38.5 Å². The first-order valence-electron chi connectivity index (χ1n) is 9.49. The molecule has 0 saturated carbocycles. The molecular formula is C20H29N5O2. The van der Waals surface area contributed by atoms with Crippen molar-refractivity contribution in [2.24, 2.45) is 0 Å². The molecule has 1 aromatic carbocycles. The number of amides is 2. The van der Waals surface area contributed by atoms with Crippen LogP contribution in [0, 0.1) is 11.3 Å². The quantitative estimate of drug-likeness (QED) is 0.757. The summed E-state index contributed by atoms with van der Waals surface area (Å²) >= 11 is 0. The van der Waals surface area contributed by atoms with Gasteiger partial charge in [0.15, 0.2) is 0 Å². The summed E-state index contributed by atoms with van der Waals surface area (Å²) in [5, 5.41) is 14.8. The highest BCUT2D eigenvalue weighted by Gasteiger charge is 2.26. The van der Waals surface area contributed by atoms with Crippen LogP contribution in [-0.2, 0) is 9.59 Å². The first kappa shape index (κ1) is 20.9. The first-order chi connectivity index (χ1) is 12.9. The number of nitrogens with one attached hydrogen (secondary N) is 2. The lowest BCUT2D eigenvalue weighted by Crippen LogP contribution is -2.54. The average molecular weight is 371 g/mol. The van der Waals surface area contributed by atoms with Gasteiger partial charge in [-0.3, -0.25) is 19.4 Å². The van der Waals surface area contributed by atoms with E-state index in [-0.39, 0.29) is 23.9 Å². The molecule has 1 aliphatic heterocycles. The van der Waals surface area contributed by atoms with Gasteiger partial charge in [-0.2, -0.15) is 5.26 Å². The molecule has 2 rings (SSSR count). The van der Waals surface area contributed by atoms with E-state index in [9.17, 15) is 9.59 Å². The van der Waals surface area contributed by atoms with Gasteiger partial charge < -0.3 is 10.6 Å². The minimum absolute atomic E-state index is 0.0565. The van der Waals surface area contributed by atoms with Gasteiger partial charge in [-0.1, -0.05) is 13.0 Å². The third-order valence-corrected chi connectivity index (χ3v) is 4.98. The molecule has 1 aromatic rings. The number of hydrogen-bond acceptors (Lipinski definition) is 5. The Hall–Kier alpha value is -2.43. The zero-order valence-corrected chi connectivity index (χ0v) is 16.4. The van der Waals surface area contributed by atoms with Gasteiger partial charge in [-0.15, -0.1) is 0 Å². The number of anilines is 1. The van der Waals surface area contributed by atoms with E-state index >= 15 is 0 Å². The summed E-state index contributed by atoms with van der Waals surface area (Å²) in [6, 6.07) is 8.89. The third-order valence-electron chi connectivity index (χ3n) is 4.98. The lowest BCUT2D eigenvalue weighted by atomic mass is 10.2. The second-order valence-corrected chi connectivity index (χ2v) is 7.05. The average Bonchev–Trinajstić information content (AvgIpc) is 2.67. The molecule has 7 nitrogen and oxygen atoms in total. The molecule has 146 valence electrons. The van der Waals surface area contributed by atoms with Crippen molar-refractivity contribution in [3.8, 4) is 6.07 Å². The summed E-state index contributed by atoms with van der Waals surface area (Å²) in [6.45, 7) is 9.33. The van der Waals surface area contributed by atoms with Gasteiger partial charge in [0, 0.05) is 37.9 Å². The van der Waals surface area contributed by atoms with E-state index in [0.717, 1.165) is 32.6 Å². The van der Waals surface area contributed by atoms with Crippen molar-refractivity contribution >= 4 is 17.5 Å². The molecule has 1 heterocycles. The van der Waals surface area contributed by atoms with Crippen LogP contribution in [0.5, 0.6) is 0 Å². The second-order valence-electron chi connectivity index (χ2n) is 7.05. The molecule has 1 aliphatic rings. The zero-order chi connectivity index (χ0) is 19.8. The number of hydrogen-bond donors (Lipinski definition) is 2. The Balaban J connectivity index is 1.80. The van der Waals surface area contributed by atoms with Crippen LogP contribution in [0.4, 0.5) is 5.69 Å². The summed E-state index contributed by atoms with van der Waals surface area (Å²) in [5.74, 6) is -0.0333. The molecule has 27 heavy (non-hydrogen) atoms. The predicted molar refractivity (Wildman–Crippen MR) is 105 cm³/mol. The fourth-order valence-electron chi connectivity index (χ4n) is 3.01. The summed E-state index contributed by atoms with van der Waals surface area (Å²) in [6.07, 6.45) is 0.920. The Bertz CT molecular complexity index is 692. The van der Waals surface area contributed by atoms with Crippen LogP contribution in [0.1, 0.15) is 32.8 Å². The van der Waals surface area contributed by atoms with Crippen LogP contribution >= 0.6 is 0 Å². The summed E-state index contributed by atoms with van der Waals surface area (Å²) in [7, 11) is 0. The van der Waals surface area contributed by atoms with Gasteiger partial charge in [0.2, 0.25) is 11.8 Å². The van der Waals surface area contributed by atoms with E-state index in [1.54, 1.807) is 24.3 Å². The van der Waals surface area contributed by atoms with Crippen molar-refractivity contribution in [3.05, 3.63) is 29.8 Å². The van der Waals surface area contributed by atoms with Crippen molar-refractivity contribution in [1.82, 2.24) is 15.1 Å². The molecule has 0 spiro atoms. The van der Waals surface area contributed by atoms with Crippen LogP contribution in [0.25, 0.3) is 0 Å². The Labute approximate surface area is 161 Å². The Kier molecular flexibility index (Phi) is 7.77. The fraction of sp³-hybridized carbons (Fsp3) is 0.550. The largest absolute Gasteiger partial charge is 0.353 e. The normalized spacial score (nSPS) is 17.6. The van der Waals surface area contributed by atoms with Gasteiger partial charge in [0.05, 0.1) is 24.2 Å².